The summed E-state index contributed by atoms with van der Waals surface area (Å²) in [5, 5.41) is 17.2. The second kappa shape index (κ2) is 6.93. The number of aromatic nitrogens is 2. The van der Waals surface area contributed by atoms with Gasteiger partial charge in [0.2, 0.25) is 0 Å². The molecule has 6 heteroatoms. The summed E-state index contributed by atoms with van der Waals surface area (Å²) in [7, 11) is 3.62. The van der Waals surface area contributed by atoms with Gasteiger partial charge in [-0.25, -0.2) is 4.79 Å². The van der Waals surface area contributed by atoms with Gasteiger partial charge in [0.15, 0.2) is 0 Å². The van der Waals surface area contributed by atoms with Gasteiger partial charge in [0.25, 0.3) is 0 Å². The summed E-state index contributed by atoms with van der Waals surface area (Å²) in [4.78, 5) is 13.9. The lowest BCUT2D eigenvalue weighted by molar-refractivity contribution is 0.0575. The average molecular weight is 294 g/mol. The quantitative estimate of drug-likeness (QED) is 0.892. The van der Waals surface area contributed by atoms with Crippen molar-refractivity contribution in [3.63, 3.8) is 0 Å². The van der Waals surface area contributed by atoms with Crippen molar-refractivity contribution in [2.75, 3.05) is 18.9 Å². The van der Waals surface area contributed by atoms with E-state index in [1.807, 2.05) is 20.2 Å². The molecular formula is C15H26N4O2. The number of anilines is 1. The molecule has 0 radical (unpaired) electrons. The Morgan fingerprint density at radius 2 is 2.24 bits per heavy atom. The standard InChI is InChI=1S/C15H26N4O2/c1-4-12-13(10-19(3)17-12)16-15(21)18(2)9-11-7-5-6-8-14(11)20/h10-11,14,20H,4-9H2,1-3H3,(H,16,21)/t11-,14+/m1/s1. The van der Waals surface area contributed by atoms with Crippen molar-refractivity contribution in [1.29, 1.82) is 0 Å². The highest BCUT2D eigenvalue weighted by Crippen LogP contribution is 2.25. The molecule has 21 heavy (non-hydrogen) atoms. The van der Waals surface area contributed by atoms with E-state index in [2.05, 4.69) is 10.4 Å². The lowest BCUT2D eigenvalue weighted by atomic mass is 9.86. The van der Waals surface area contributed by atoms with Crippen LogP contribution in [0.5, 0.6) is 0 Å². The van der Waals surface area contributed by atoms with Crippen LogP contribution in [-0.2, 0) is 13.5 Å². The summed E-state index contributed by atoms with van der Waals surface area (Å²) in [6, 6.07) is -0.143. The van der Waals surface area contributed by atoms with Gasteiger partial charge in [0.1, 0.15) is 0 Å². The number of carbonyl (C=O) groups is 1. The molecule has 1 aliphatic carbocycles. The maximum Gasteiger partial charge on any atom is 0.321 e. The monoisotopic (exact) mass is 294 g/mol. The Balaban J connectivity index is 1.92. The minimum atomic E-state index is -0.279. The molecular weight excluding hydrogens is 268 g/mol. The van der Waals surface area contributed by atoms with E-state index in [-0.39, 0.29) is 18.1 Å². The Labute approximate surface area is 126 Å². The van der Waals surface area contributed by atoms with E-state index >= 15 is 0 Å². The van der Waals surface area contributed by atoms with Crippen LogP contribution in [0.25, 0.3) is 0 Å². The van der Waals surface area contributed by atoms with Gasteiger partial charge in [-0.1, -0.05) is 19.8 Å². The van der Waals surface area contributed by atoms with E-state index in [9.17, 15) is 9.90 Å². The second-order valence-electron chi connectivity index (χ2n) is 5.94. The fourth-order valence-corrected chi connectivity index (χ4v) is 2.95. The number of hydrogen-bond acceptors (Lipinski definition) is 3. The first kappa shape index (κ1) is 15.8. The smallest absolute Gasteiger partial charge is 0.321 e. The third-order valence-electron chi connectivity index (χ3n) is 4.21. The third kappa shape index (κ3) is 3.97. The minimum absolute atomic E-state index is 0.143. The van der Waals surface area contributed by atoms with Crippen LogP contribution < -0.4 is 5.32 Å². The molecule has 1 fully saturated rings. The van der Waals surface area contributed by atoms with Crippen LogP contribution in [0.2, 0.25) is 0 Å². The lowest BCUT2D eigenvalue weighted by Crippen LogP contribution is -2.40. The van der Waals surface area contributed by atoms with Gasteiger partial charge in [-0.2, -0.15) is 5.10 Å². The molecule has 6 nitrogen and oxygen atoms in total. The van der Waals surface area contributed by atoms with E-state index < -0.39 is 0 Å². The second-order valence-corrected chi connectivity index (χ2v) is 5.94. The fraction of sp³-hybridized carbons (Fsp3) is 0.733. The number of nitrogens with one attached hydrogen (secondary N) is 1. The van der Waals surface area contributed by atoms with Crippen molar-refractivity contribution in [2.45, 2.75) is 45.1 Å². The van der Waals surface area contributed by atoms with Gasteiger partial charge in [-0.15, -0.1) is 0 Å². The van der Waals surface area contributed by atoms with Crippen LogP contribution in [-0.4, -0.2) is 45.5 Å². The van der Waals surface area contributed by atoms with Crippen molar-refractivity contribution in [3.05, 3.63) is 11.9 Å². The van der Waals surface area contributed by atoms with Crippen LogP contribution in [0.4, 0.5) is 10.5 Å². The molecule has 2 atom stereocenters. The van der Waals surface area contributed by atoms with Gasteiger partial charge < -0.3 is 15.3 Å². The van der Waals surface area contributed by atoms with E-state index in [0.29, 0.717) is 6.54 Å². The third-order valence-corrected chi connectivity index (χ3v) is 4.21. The van der Waals surface area contributed by atoms with E-state index in [1.165, 1.54) is 0 Å². The number of aliphatic hydroxyl groups is 1. The topological polar surface area (TPSA) is 70.4 Å². The molecule has 1 saturated carbocycles. The molecule has 0 saturated heterocycles. The predicted molar refractivity (Wildman–Crippen MR) is 82.2 cm³/mol. The number of aryl methyl sites for hydroxylation is 2. The van der Waals surface area contributed by atoms with Crippen LogP contribution in [0.3, 0.4) is 0 Å². The first-order valence-corrected chi connectivity index (χ1v) is 7.74. The van der Waals surface area contributed by atoms with Crippen molar-refractivity contribution >= 4 is 11.7 Å². The maximum absolute atomic E-state index is 12.3. The molecule has 0 unspecified atom stereocenters. The minimum Gasteiger partial charge on any atom is -0.393 e. The van der Waals surface area contributed by atoms with Crippen LogP contribution >= 0.6 is 0 Å². The molecule has 0 aliphatic heterocycles. The van der Waals surface area contributed by atoms with E-state index in [0.717, 1.165) is 43.5 Å². The van der Waals surface area contributed by atoms with Gasteiger partial charge in [-0.3, -0.25) is 4.68 Å². The number of hydrogen-bond donors (Lipinski definition) is 2. The van der Waals surface area contributed by atoms with Crippen molar-refractivity contribution < 1.29 is 9.90 Å². The molecule has 2 rings (SSSR count). The van der Waals surface area contributed by atoms with E-state index in [4.69, 9.17) is 0 Å². The summed E-state index contributed by atoms with van der Waals surface area (Å²) >= 11 is 0. The molecule has 1 heterocycles. The predicted octanol–water partition coefficient (Wildman–Crippen LogP) is 2.00. The molecule has 0 aromatic carbocycles. The number of urea groups is 1. The first-order valence-electron chi connectivity index (χ1n) is 7.74. The average Bonchev–Trinajstić information content (AvgIpc) is 2.81. The Bertz CT molecular complexity index is 486. The van der Waals surface area contributed by atoms with Crippen LogP contribution in [0.1, 0.15) is 38.3 Å². The van der Waals surface area contributed by atoms with Crippen LogP contribution in [0, 0.1) is 5.92 Å². The summed E-state index contributed by atoms with van der Waals surface area (Å²) in [5.74, 6) is 0.189. The zero-order chi connectivity index (χ0) is 15.4. The number of amides is 2. The first-order chi connectivity index (χ1) is 10.0. The van der Waals surface area contributed by atoms with Crippen molar-refractivity contribution in [2.24, 2.45) is 13.0 Å². The lowest BCUT2D eigenvalue weighted by Gasteiger charge is -2.31. The number of rotatable bonds is 4. The molecule has 1 aromatic rings. The number of nitrogens with zero attached hydrogens (tertiary/aromatic N) is 3. The molecule has 2 N–H and O–H groups in total. The zero-order valence-corrected chi connectivity index (χ0v) is 13.2. The van der Waals surface area contributed by atoms with Gasteiger partial charge in [-0.05, 0) is 19.3 Å². The largest absolute Gasteiger partial charge is 0.393 e. The van der Waals surface area contributed by atoms with Crippen molar-refractivity contribution in [3.8, 4) is 0 Å². The van der Waals surface area contributed by atoms with E-state index in [1.54, 1.807) is 16.6 Å². The summed E-state index contributed by atoms with van der Waals surface area (Å²) in [6.07, 6.45) is 6.39. The molecule has 1 aromatic heterocycles. The van der Waals surface area contributed by atoms with Crippen LogP contribution in [0.15, 0.2) is 6.20 Å². The highest BCUT2D eigenvalue weighted by Gasteiger charge is 2.25. The molecule has 0 spiro atoms. The van der Waals surface area contributed by atoms with Gasteiger partial charge in [0.05, 0.1) is 17.5 Å². The molecule has 118 valence electrons. The maximum atomic E-state index is 12.3. The summed E-state index contributed by atoms with van der Waals surface area (Å²) in [5.41, 5.74) is 1.65. The number of aliphatic hydroxyl groups excluding tert-OH is 1. The highest BCUT2D eigenvalue weighted by molar-refractivity contribution is 5.89. The molecule has 2 amide bonds. The fourth-order valence-electron chi connectivity index (χ4n) is 2.95. The molecule has 1 aliphatic rings. The summed E-state index contributed by atoms with van der Waals surface area (Å²) in [6.45, 7) is 2.61. The number of carbonyl (C=O) groups excluding carboxylic acids is 1. The normalized spacial score (nSPS) is 22.1. The Kier molecular flexibility index (Phi) is 5.22. The van der Waals surface area contributed by atoms with Crippen molar-refractivity contribution in [1.82, 2.24) is 14.7 Å². The SMILES string of the molecule is CCc1nn(C)cc1NC(=O)N(C)C[C@H]1CCCC[C@@H]1O. The highest BCUT2D eigenvalue weighted by atomic mass is 16.3. The zero-order valence-electron chi connectivity index (χ0n) is 13.2. The van der Waals surface area contributed by atoms with Gasteiger partial charge >= 0.3 is 6.03 Å². The Morgan fingerprint density at radius 3 is 2.90 bits per heavy atom. The molecule has 0 bridgehead atoms. The summed E-state index contributed by atoms with van der Waals surface area (Å²) < 4.78 is 1.71. The Morgan fingerprint density at radius 1 is 1.52 bits per heavy atom. The Hall–Kier alpha value is -1.56. The van der Waals surface area contributed by atoms with Gasteiger partial charge in [0, 0.05) is 32.8 Å².